The highest BCUT2D eigenvalue weighted by Gasteiger charge is 2.34. The Morgan fingerprint density at radius 3 is 2.65 bits per heavy atom. The molecule has 2 heterocycles. The van der Waals surface area contributed by atoms with E-state index in [2.05, 4.69) is 6.58 Å². The van der Waals surface area contributed by atoms with Gasteiger partial charge in [0.2, 0.25) is 0 Å². The molecule has 0 atom stereocenters. The van der Waals surface area contributed by atoms with Crippen molar-refractivity contribution >= 4 is 23.6 Å². The Bertz CT molecular complexity index is 1210. The molecule has 1 aliphatic heterocycles. The summed E-state index contributed by atoms with van der Waals surface area (Å²) in [6.07, 6.45) is 2.84. The molecule has 2 amide bonds. The van der Waals surface area contributed by atoms with Crippen LogP contribution >= 0.6 is 0 Å². The van der Waals surface area contributed by atoms with Gasteiger partial charge in [-0.15, -0.1) is 6.58 Å². The Hall–Kier alpha value is -4.45. The van der Waals surface area contributed by atoms with E-state index in [0.29, 0.717) is 17.1 Å². The highest BCUT2D eigenvalue weighted by molar-refractivity contribution is 6.19. The molecule has 156 valence electrons. The number of carbonyl (C=O) groups excluding carboxylic acids is 2. The molecule has 1 aliphatic rings. The first-order valence-corrected chi connectivity index (χ1v) is 9.05. The van der Waals surface area contributed by atoms with E-state index in [1.807, 2.05) is 6.07 Å². The number of nitriles is 1. The van der Waals surface area contributed by atoms with E-state index < -0.39 is 16.7 Å². The van der Waals surface area contributed by atoms with Gasteiger partial charge in [-0.3, -0.25) is 24.6 Å². The molecule has 0 bridgehead atoms. The van der Waals surface area contributed by atoms with Gasteiger partial charge in [0.15, 0.2) is 0 Å². The van der Waals surface area contributed by atoms with Crippen molar-refractivity contribution in [2.45, 2.75) is 6.92 Å². The van der Waals surface area contributed by atoms with Crippen LogP contribution in [0.4, 0.5) is 5.69 Å². The molecule has 0 N–H and O–H groups in total. The zero-order valence-electron chi connectivity index (χ0n) is 16.7. The summed E-state index contributed by atoms with van der Waals surface area (Å²) in [6, 6.07) is 9.19. The van der Waals surface area contributed by atoms with Gasteiger partial charge in [0.25, 0.3) is 17.5 Å². The fourth-order valence-corrected chi connectivity index (χ4v) is 3.14. The molecule has 0 saturated heterocycles. The van der Waals surface area contributed by atoms with Crippen molar-refractivity contribution in [1.29, 1.82) is 5.26 Å². The Labute approximate surface area is 177 Å². The largest absolute Gasteiger partial charge is 0.496 e. The van der Waals surface area contributed by atoms with E-state index in [-0.39, 0.29) is 34.7 Å². The Morgan fingerprint density at radius 2 is 2.03 bits per heavy atom. The predicted octanol–water partition coefficient (Wildman–Crippen LogP) is 3.64. The van der Waals surface area contributed by atoms with Crippen molar-refractivity contribution in [3.63, 3.8) is 0 Å². The summed E-state index contributed by atoms with van der Waals surface area (Å²) in [6.45, 7) is 5.03. The average Bonchev–Trinajstić information content (AvgIpc) is 3.22. The molecule has 9 nitrogen and oxygen atoms in total. The topological polar surface area (TPSA) is 127 Å². The molecular formula is C22H17N3O6. The maximum Gasteiger partial charge on any atom is 0.273 e. The standard InChI is InChI=1S/C22H17N3O6/c1-4-9-24-21(26)17(13(2)18(12-23)22(24)27)11-15-6-8-19(31-15)16-7-5-14(25(28)29)10-20(16)30-3/h4-8,10-11H,1,9H2,2-3H3/b17-11+. The van der Waals surface area contributed by atoms with Gasteiger partial charge in [0.1, 0.15) is 28.9 Å². The van der Waals surface area contributed by atoms with Crippen molar-refractivity contribution < 1.29 is 23.7 Å². The van der Waals surface area contributed by atoms with E-state index in [4.69, 9.17) is 9.15 Å². The predicted molar refractivity (Wildman–Crippen MR) is 111 cm³/mol. The van der Waals surface area contributed by atoms with E-state index in [9.17, 15) is 25.0 Å². The first-order valence-electron chi connectivity index (χ1n) is 9.05. The van der Waals surface area contributed by atoms with Crippen LogP contribution in [0.3, 0.4) is 0 Å². The van der Waals surface area contributed by atoms with Crippen LogP contribution in [0.15, 0.2) is 64.1 Å². The highest BCUT2D eigenvalue weighted by Crippen LogP contribution is 2.35. The minimum absolute atomic E-state index is 0.0309. The van der Waals surface area contributed by atoms with Gasteiger partial charge in [0, 0.05) is 18.2 Å². The van der Waals surface area contributed by atoms with Crippen molar-refractivity contribution in [2.24, 2.45) is 0 Å². The van der Waals surface area contributed by atoms with Crippen molar-refractivity contribution in [3.05, 3.63) is 75.6 Å². The molecule has 0 aliphatic carbocycles. The van der Waals surface area contributed by atoms with Gasteiger partial charge in [-0.05, 0) is 36.8 Å². The zero-order valence-corrected chi connectivity index (χ0v) is 16.7. The first-order chi connectivity index (χ1) is 14.8. The molecule has 1 aromatic carbocycles. The minimum atomic E-state index is -0.669. The molecule has 1 aromatic heterocycles. The third-order valence-corrected chi connectivity index (χ3v) is 4.71. The molecule has 3 rings (SSSR count). The van der Waals surface area contributed by atoms with Crippen molar-refractivity contribution in [1.82, 2.24) is 4.90 Å². The van der Waals surface area contributed by atoms with Gasteiger partial charge in [-0.25, -0.2) is 0 Å². The lowest BCUT2D eigenvalue weighted by Crippen LogP contribution is -2.42. The van der Waals surface area contributed by atoms with E-state index in [1.54, 1.807) is 12.1 Å². The monoisotopic (exact) mass is 419 g/mol. The summed E-state index contributed by atoms with van der Waals surface area (Å²) in [7, 11) is 1.39. The number of benzene rings is 1. The molecule has 0 unspecified atom stereocenters. The fourth-order valence-electron chi connectivity index (χ4n) is 3.14. The summed E-state index contributed by atoms with van der Waals surface area (Å²) in [4.78, 5) is 36.5. The normalized spacial score (nSPS) is 15.3. The third-order valence-electron chi connectivity index (χ3n) is 4.71. The number of rotatable bonds is 6. The van der Waals surface area contributed by atoms with Crippen LogP contribution < -0.4 is 4.74 Å². The quantitative estimate of drug-likeness (QED) is 0.230. The van der Waals surface area contributed by atoms with Crippen LogP contribution in [0.25, 0.3) is 17.4 Å². The van der Waals surface area contributed by atoms with Gasteiger partial charge < -0.3 is 9.15 Å². The summed E-state index contributed by atoms with van der Waals surface area (Å²) in [5, 5.41) is 20.3. The number of imide groups is 1. The Kier molecular flexibility index (Phi) is 5.83. The molecule has 0 saturated carbocycles. The molecule has 2 aromatic rings. The van der Waals surface area contributed by atoms with Gasteiger partial charge in [-0.1, -0.05) is 6.08 Å². The third kappa shape index (κ3) is 3.86. The number of hydrogen-bond acceptors (Lipinski definition) is 7. The number of nitrogens with zero attached hydrogens (tertiary/aromatic N) is 3. The minimum Gasteiger partial charge on any atom is -0.496 e. The Morgan fingerprint density at radius 1 is 1.29 bits per heavy atom. The maximum absolute atomic E-state index is 12.8. The summed E-state index contributed by atoms with van der Waals surface area (Å²) < 4.78 is 11.0. The second-order valence-electron chi connectivity index (χ2n) is 6.52. The van der Waals surface area contributed by atoms with Crippen LogP contribution in [0.2, 0.25) is 0 Å². The number of hydrogen-bond donors (Lipinski definition) is 0. The second kappa shape index (κ2) is 8.51. The highest BCUT2D eigenvalue weighted by atomic mass is 16.6. The molecule has 0 radical (unpaired) electrons. The lowest BCUT2D eigenvalue weighted by Gasteiger charge is -2.26. The van der Waals surface area contributed by atoms with Crippen molar-refractivity contribution in [2.75, 3.05) is 13.7 Å². The molecule has 0 fully saturated rings. The van der Waals surface area contributed by atoms with Crippen LogP contribution in [0, 0.1) is 21.4 Å². The second-order valence-corrected chi connectivity index (χ2v) is 6.52. The van der Waals surface area contributed by atoms with E-state index in [1.165, 1.54) is 44.4 Å². The maximum atomic E-state index is 12.8. The van der Waals surface area contributed by atoms with Crippen LogP contribution in [0.5, 0.6) is 5.75 Å². The smallest absolute Gasteiger partial charge is 0.273 e. The average molecular weight is 419 g/mol. The van der Waals surface area contributed by atoms with E-state index in [0.717, 1.165) is 4.90 Å². The lowest BCUT2D eigenvalue weighted by atomic mass is 9.94. The summed E-state index contributed by atoms with van der Waals surface area (Å²) in [5.41, 5.74) is 0.634. The number of methoxy groups -OCH3 is 1. The number of carbonyl (C=O) groups is 2. The SMILES string of the molecule is C=CCN1C(=O)C(C#N)=C(C)/C(=C\c2ccc(-c3ccc([N+](=O)[O-])cc3OC)o2)C1=O. The molecule has 9 heteroatoms. The van der Waals surface area contributed by atoms with Crippen molar-refractivity contribution in [3.8, 4) is 23.1 Å². The number of nitro benzene ring substituents is 1. The lowest BCUT2D eigenvalue weighted by molar-refractivity contribution is -0.384. The summed E-state index contributed by atoms with van der Waals surface area (Å²) in [5.74, 6) is -0.321. The van der Waals surface area contributed by atoms with Gasteiger partial charge in [-0.2, -0.15) is 5.26 Å². The van der Waals surface area contributed by atoms with Gasteiger partial charge >= 0.3 is 0 Å². The number of nitro groups is 1. The Balaban J connectivity index is 2.05. The zero-order chi connectivity index (χ0) is 22.7. The number of amides is 2. The number of non-ortho nitro benzene ring substituents is 1. The molecule has 0 spiro atoms. The van der Waals surface area contributed by atoms with Crippen LogP contribution in [-0.4, -0.2) is 35.3 Å². The summed E-state index contributed by atoms with van der Waals surface area (Å²) >= 11 is 0. The first kappa shape index (κ1) is 21.3. The van der Waals surface area contributed by atoms with Crippen LogP contribution in [0.1, 0.15) is 12.7 Å². The number of furan rings is 1. The number of ether oxygens (including phenoxy) is 1. The van der Waals surface area contributed by atoms with Crippen LogP contribution in [-0.2, 0) is 9.59 Å². The van der Waals surface area contributed by atoms with E-state index >= 15 is 0 Å². The van der Waals surface area contributed by atoms with Gasteiger partial charge in [0.05, 0.1) is 23.7 Å². The fraction of sp³-hybridized carbons (Fsp3) is 0.136. The molecule has 31 heavy (non-hydrogen) atoms. The molecular weight excluding hydrogens is 402 g/mol.